The summed E-state index contributed by atoms with van der Waals surface area (Å²) in [6.07, 6.45) is 4.47. The summed E-state index contributed by atoms with van der Waals surface area (Å²) in [5.41, 5.74) is 0. The molecule has 2 fully saturated rings. The van der Waals surface area contributed by atoms with Crippen LogP contribution in [0.2, 0.25) is 0 Å². The quantitative estimate of drug-likeness (QED) is 0.723. The first-order chi connectivity index (χ1) is 10.2. The molecule has 5 heteroatoms. The van der Waals surface area contributed by atoms with Gasteiger partial charge in [-0.25, -0.2) is 0 Å². The van der Waals surface area contributed by atoms with Gasteiger partial charge in [-0.1, -0.05) is 6.92 Å². The van der Waals surface area contributed by atoms with Crippen LogP contribution in [0, 0.1) is 0 Å². The molecule has 0 radical (unpaired) electrons. The van der Waals surface area contributed by atoms with Crippen molar-refractivity contribution in [3.05, 3.63) is 0 Å². The number of ether oxygens (including phenoxy) is 2. The molecule has 21 heavy (non-hydrogen) atoms. The molecule has 2 atom stereocenters. The molecule has 0 aromatic rings. The lowest BCUT2D eigenvalue weighted by Gasteiger charge is -2.37. The van der Waals surface area contributed by atoms with E-state index < -0.39 is 6.10 Å². The molecule has 2 aliphatic heterocycles. The predicted molar refractivity (Wildman–Crippen MR) is 83.6 cm³/mol. The van der Waals surface area contributed by atoms with Crippen LogP contribution in [0.15, 0.2) is 0 Å². The van der Waals surface area contributed by atoms with E-state index in [2.05, 4.69) is 23.8 Å². The third-order valence-electron chi connectivity index (χ3n) is 4.76. The lowest BCUT2D eigenvalue weighted by Crippen LogP contribution is -2.46. The molecular formula is C16H32N2O3. The van der Waals surface area contributed by atoms with Crippen molar-refractivity contribution in [2.45, 2.75) is 50.9 Å². The molecule has 5 nitrogen and oxygen atoms in total. The Bertz CT molecular complexity index is 277. The molecule has 1 N–H and O–H groups in total. The monoisotopic (exact) mass is 300 g/mol. The topological polar surface area (TPSA) is 45.2 Å². The van der Waals surface area contributed by atoms with Crippen molar-refractivity contribution in [2.24, 2.45) is 0 Å². The fourth-order valence-electron chi connectivity index (χ4n) is 3.32. The Kier molecular flexibility index (Phi) is 7.40. The van der Waals surface area contributed by atoms with Gasteiger partial charge >= 0.3 is 0 Å². The molecule has 2 aliphatic rings. The first-order valence-corrected chi connectivity index (χ1v) is 8.49. The maximum Gasteiger partial charge on any atom is 0.0900 e. The minimum atomic E-state index is -0.402. The van der Waals surface area contributed by atoms with Gasteiger partial charge in [-0.2, -0.15) is 0 Å². The number of rotatable bonds is 8. The highest BCUT2D eigenvalue weighted by Crippen LogP contribution is 2.15. The van der Waals surface area contributed by atoms with E-state index in [9.17, 15) is 5.11 Å². The van der Waals surface area contributed by atoms with Crippen molar-refractivity contribution in [3.8, 4) is 0 Å². The summed E-state index contributed by atoms with van der Waals surface area (Å²) < 4.78 is 11.1. The van der Waals surface area contributed by atoms with E-state index in [-0.39, 0.29) is 6.10 Å². The van der Waals surface area contributed by atoms with Crippen molar-refractivity contribution in [3.63, 3.8) is 0 Å². The lowest BCUT2D eigenvalue weighted by molar-refractivity contribution is -0.0282. The van der Waals surface area contributed by atoms with Gasteiger partial charge in [0.05, 0.1) is 25.4 Å². The van der Waals surface area contributed by atoms with Crippen LogP contribution in [0.3, 0.4) is 0 Å². The summed E-state index contributed by atoms with van der Waals surface area (Å²) in [6, 6.07) is 0.598. The maximum absolute atomic E-state index is 10.1. The van der Waals surface area contributed by atoms with Gasteiger partial charge < -0.3 is 24.4 Å². The van der Waals surface area contributed by atoms with E-state index in [0.29, 0.717) is 25.8 Å². The first kappa shape index (κ1) is 17.2. The summed E-state index contributed by atoms with van der Waals surface area (Å²) >= 11 is 0. The Labute approximate surface area is 129 Å². The summed E-state index contributed by atoms with van der Waals surface area (Å²) in [5.74, 6) is 0. The van der Waals surface area contributed by atoms with Crippen molar-refractivity contribution < 1.29 is 14.6 Å². The Morgan fingerprint density at radius 3 is 2.71 bits per heavy atom. The average Bonchev–Trinajstić information content (AvgIpc) is 3.00. The molecule has 124 valence electrons. The number of likely N-dealkylation sites (tertiary alicyclic amines) is 1. The van der Waals surface area contributed by atoms with Crippen molar-refractivity contribution in [1.29, 1.82) is 0 Å². The van der Waals surface area contributed by atoms with Crippen molar-refractivity contribution in [2.75, 3.05) is 53.0 Å². The highest BCUT2D eigenvalue weighted by Gasteiger charge is 2.23. The Morgan fingerprint density at radius 2 is 2.10 bits per heavy atom. The van der Waals surface area contributed by atoms with Gasteiger partial charge in [-0.05, 0) is 52.4 Å². The number of hydrogen-bond acceptors (Lipinski definition) is 5. The van der Waals surface area contributed by atoms with Gasteiger partial charge in [0.25, 0.3) is 0 Å². The third-order valence-corrected chi connectivity index (χ3v) is 4.76. The normalized spacial score (nSPS) is 26.6. The molecule has 0 aromatic carbocycles. The second kappa shape index (κ2) is 9.06. The molecule has 0 bridgehead atoms. The number of piperidine rings is 1. The van der Waals surface area contributed by atoms with Crippen LogP contribution < -0.4 is 0 Å². The highest BCUT2D eigenvalue weighted by atomic mass is 16.5. The number of aliphatic hydroxyl groups is 1. The van der Waals surface area contributed by atoms with Crippen LogP contribution in [-0.2, 0) is 9.47 Å². The molecule has 2 saturated heterocycles. The van der Waals surface area contributed by atoms with E-state index >= 15 is 0 Å². The summed E-state index contributed by atoms with van der Waals surface area (Å²) in [7, 11) is 2.12. The van der Waals surface area contributed by atoms with Gasteiger partial charge in [0.15, 0.2) is 0 Å². The SMILES string of the molecule is CCN1CCC(N(C)CC(O)COCC2CCCO2)CC1. The molecule has 2 unspecified atom stereocenters. The zero-order valence-corrected chi connectivity index (χ0v) is 13.7. The Balaban J connectivity index is 1.57. The fraction of sp³-hybridized carbons (Fsp3) is 1.00. The van der Waals surface area contributed by atoms with E-state index in [1.165, 1.54) is 25.9 Å². The smallest absolute Gasteiger partial charge is 0.0900 e. The van der Waals surface area contributed by atoms with Crippen LogP contribution >= 0.6 is 0 Å². The van der Waals surface area contributed by atoms with Gasteiger partial charge in [0.1, 0.15) is 0 Å². The van der Waals surface area contributed by atoms with Gasteiger partial charge in [-0.15, -0.1) is 0 Å². The second-order valence-electron chi connectivity index (χ2n) is 6.43. The molecule has 0 saturated carbocycles. The summed E-state index contributed by atoms with van der Waals surface area (Å²) in [5, 5.41) is 10.1. The van der Waals surface area contributed by atoms with Crippen LogP contribution in [0.4, 0.5) is 0 Å². The largest absolute Gasteiger partial charge is 0.389 e. The maximum atomic E-state index is 10.1. The molecule has 2 heterocycles. The molecule has 2 rings (SSSR count). The van der Waals surface area contributed by atoms with Crippen molar-refractivity contribution in [1.82, 2.24) is 9.80 Å². The average molecular weight is 300 g/mol. The number of nitrogens with zero attached hydrogens (tertiary/aromatic N) is 2. The van der Waals surface area contributed by atoms with E-state index in [1.807, 2.05) is 0 Å². The van der Waals surface area contributed by atoms with E-state index in [0.717, 1.165) is 26.0 Å². The second-order valence-corrected chi connectivity index (χ2v) is 6.43. The zero-order chi connectivity index (χ0) is 15.1. The van der Waals surface area contributed by atoms with Crippen LogP contribution in [0.1, 0.15) is 32.6 Å². The van der Waals surface area contributed by atoms with Crippen LogP contribution in [-0.4, -0.2) is 86.2 Å². The molecular weight excluding hydrogens is 268 g/mol. The summed E-state index contributed by atoms with van der Waals surface area (Å²) in [6.45, 7) is 8.31. The third kappa shape index (κ3) is 5.83. The number of aliphatic hydroxyl groups excluding tert-OH is 1. The lowest BCUT2D eigenvalue weighted by atomic mass is 10.0. The molecule has 0 spiro atoms. The van der Waals surface area contributed by atoms with E-state index in [1.54, 1.807) is 0 Å². The van der Waals surface area contributed by atoms with Crippen LogP contribution in [0.25, 0.3) is 0 Å². The van der Waals surface area contributed by atoms with Crippen LogP contribution in [0.5, 0.6) is 0 Å². The van der Waals surface area contributed by atoms with Gasteiger partial charge in [0.2, 0.25) is 0 Å². The zero-order valence-electron chi connectivity index (χ0n) is 13.7. The van der Waals surface area contributed by atoms with Crippen molar-refractivity contribution >= 4 is 0 Å². The predicted octanol–water partition coefficient (Wildman–Crippen LogP) is 0.959. The molecule has 0 aliphatic carbocycles. The minimum Gasteiger partial charge on any atom is -0.389 e. The number of hydrogen-bond donors (Lipinski definition) is 1. The standard InChI is InChI=1S/C16H32N2O3/c1-3-18-8-6-14(7-9-18)17(2)11-15(19)12-20-13-16-5-4-10-21-16/h14-16,19H,3-13H2,1-2H3. The van der Waals surface area contributed by atoms with Gasteiger partial charge in [-0.3, -0.25) is 0 Å². The Hall–Kier alpha value is -0.200. The molecule has 0 aromatic heterocycles. The Morgan fingerprint density at radius 1 is 1.33 bits per heavy atom. The fourth-order valence-corrected chi connectivity index (χ4v) is 3.32. The first-order valence-electron chi connectivity index (χ1n) is 8.49. The highest BCUT2D eigenvalue weighted by molar-refractivity contribution is 4.79. The molecule has 0 amide bonds. The minimum absolute atomic E-state index is 0.244. The van der Waals surface area contributed by atoms with Gasteiger partial charge in [0, 0.05) is 19.2 Å². The summed E-state index contributed by atoms with van der Waals surface area (Å²) in [4.78, 5) is 4.79. The number of likely N-dealkylation sites (N-methyl/N-ethyl adjacent to an activating group) is 1. The van der Waals surface area contributed by atoms with E-state index in [4.69, 9.17) is 9.47 Å².